The number of piperidine rings is 1. The molecule has 1 aromatic heterocycles. The lowest BCUT2D eigenvalue weighted by atomic mass is 9.89. The summed E-state index contributed by atoms with van der Waals surface area (Å²) in [4.78, 5) is 26.4. The van der Waals surface area contributed by atoms with Gasteiger partial charge in [-0.3, -0.25) is 4.79 Å². The first kappa shape index (κ1) is 18.4. The van der Waals surface area contributed by atoms with Gasteiger partial charge < -0.3 is 4.90 Å². The summed E-state index contributed by atoms with van der Waals surface area (Å²) in [7, 11) is 0. The van der Waals surface area contributed by atoms with Gasteiger partial charge >= 0.3 is 5.69 Å². The van der Waals surface area contributed by atoms with Gasteiger partial charge in [0, 0.05) is 24.9 Å². The number of para-hydroxylation sites is 1. The molecule has 7 heteroatoms. The Bertz CT molecular complexity index is 842. The van der Waals surface area contributed by atoms with Gasteiger partial charge in [0.2, 0.25) is 5.91 Å². The third kappa shape index (κ3) is 3.71. The molecule has 1 aliphatic heterocycles. The van der Waals surface area contributed by atoms with Gasteiger partial charge in [-0.05, 0) is 30.9 Å². The zero-order chi connectivity index (χ0) is 18.9. The molecule has 6 nitrogen and oxygen atoms in total. The number of aromatic nitrogens is 3. The van der Waals surface area contributed by atoms with Gasteiger partial charge in [-0.2, -0.15) is 5.10 Å². The zero-order valence-electron chi connectivity index (χ0n) is 15.5. The minimum absolute atomic E-state index is 0.166. The molecule has 140 valence electrons. The number of aromatic amines is 1. The lowest BCUT2D eigenvalue weighted by molar-refractivity contribution is -0.140. The third-order valence-electron chi connectivity index (χ3n) is 4.85. The lowest BCUT2D eigenvalue weighted by Crippen LogP contribution is -2.44. The van der Waals surface area contributed by atoms with Crippen molar-refractivity contribution in [1.29, 1.82) is 0 Å². The highest BCUT2D eigenvalue weighted by Crippen LogP contribution is 2.25. The average molecular weight is 360 g/mol. The van der Waals surface area contributed by atoms with Crippen LogP contribution in [0.2, 0.25) is 0 Å². The van der Waals surface area contributed by atoms with Crippen LogP contribution in [-0.2, 0) is 11.2 Å². The molecule has 0 unspecified atom stereocenters. The molecule has 26 heavy (non-hydrogen) atoms. The van der Waals surface area contributed by atoms with Crippen molar-refractivity contribution in [2.45, 2.75) is 40.0 Å². The highest BCUT2D eigenvalue weighted by Gasteiger charge is 2.31. The number of nitrogens with zero attached hydrogens (tertiary/aromatic N) is 3. The summed E-state index contributed by atoms with van der Waals surface area (Å²) in [5.41, 5.74) is -0.604. The van der Waals surface area contributed by atoms with E-state index >= 15 is 0 Å². The molecule has 1 fully saturated rings. The Hall–Kier alpha value is -2.44. The molecule has 1 aromatic carbocycles. The van der Waals surface area contributed by atoms with Crippen LogP contribution >= 0.6 is 0 Å². The van der Waals surface area contributed by atoms with Crippen molar-refractivity contribution in [2.24, 2.45) is 11.3 Å². The summed E-state index contributed by atoms with van der Waals surface area (Å²) in [5, 5.41) is 6.52. The third-order valence-corrected chi connectivity index (χ3v) is 4.85. The first-order valence-electron chi connectivity index (χ1n) is 8.98. The molecule has 1 amide bonds. The highest BCUT2D eigenvalue weighted by molar-refractivity contribution is 5.81. The number of amides is 1. The fraction of sp³-hybridized carbons (Fsp3) is 0.526. The summed E-state index contributed by atoms with van der Waals surface area (Å²) in [6.45, 7) is 7.19. The standard InChI is InChI=1S/C19H25FN4O2/c1-19(2,3)17(25)23-10-8-13(9-11-23)12-16-21-22-18(26)24(16)15-7-5-4-6-14(15)20/h4-7,13H,8-12H2,1-3H3,(H,22,26). The number of hydrogen-bond donors (Lipinski definition) is 1. The van der Waals surface area contributed by atoms with Crippen LogP contribution in [0.4, 0.5) is 4.39 Å². The Labute approximate surface area is 152 Å². The Kier molecular flexibility index (Phi) is 4.98. The van der Waals surface area contributed by atoms with E-state index in [0.717, 1.165) is 12.8 Å². The maximum absolute atomic E-state index is 14.1. The van der Waals surface area contributed by atoms with Gasteiger partial charge in [0.05, 0.1) is 5.69 Å². The summed E-state index contributed by atoms with van der Waals surface area (Å²) in [6, 6.07) is 6.18. The molecule has 3 rings (SSSR count). The van der Waals surface area contributed by atoms with Gasteiger partial charge in [0.25, 0.3) is 0 Å². The Morgan fingerprint density at radius 3 is 2.54 bits per heavy atom. The maximum atomic E-state index is 14.1. The SMILES string of the molecule is CC(C)(C)C(=O)N1CCC(Cc2n[nH]c(=O)n2-c2ccccc2F)CC1. The van der Waals surface area contributed by atoms with Gasteiger partial charge in [-0.25, -0.2) is 18.9 Å². The van der Waals surface area contributed by atoms with Crippen molar-refractivity contribution in [1.82, 2.24) is 19.7 Å². The van der Waals surface area contributed by atoms with Crippen molar-refractivity contribution >= 4 is 5.91 Å². The number of hydrogen-bond acceptors (Lipinski definition) is 3. The number of carbonyl (C=O) groups excluding carboxylic acids is 1. The number of halogens is 1. The van der Waals surface area contributed by atoms with E-state index in [4.69, 9.17) is 0 Å². The first-order chi connectivity index (χ1) is 12.3. The van der Waals surface area contributed by atoms with Gasteiger partial charge in [-0.15, -0.1) is 0 Å². The minimum Gasteiger partial charge on any atom is -0.342 e. The van der Waals surface area contributed by atoms with E-state index in [-0.39, 0.29) is 17.0 Å². The summed E-state index contributed by atoms with van der Waals surface area (Å²) < 4.78 is 15.4. The van der Waals surface area contributed by atoms with Gasteiger partial charge in [-0.1, -0.05) is 32.9 Å². The molecule has 0 radical (unpaired) electrons. The fourth-order valence-corrected chi connectivity index (χ4v) is 3.42. The van der Waals surface area contributed by atoms with E-state index in [0.29, 0.717) is 31.3 Å². The second-order valence-corrected chi connectivity index (χ2v) is 7.92. The predicted molar refractivity (Wildman–Crippen MR) is 96.6 cm³/mol. The molecular weight excluding hydrogens is 335 g/mol. The predicted octanol–water partition coefficient (Wildman–Crippen LogP) is 2.53. The Morgan fingerprint density at radius 1 is 1.27 bits per heavy atom. The van der Waals surface area contributed by atoms with Crippen LogP contribution in [0.25, 0.3) is 5.69 Å². The molecule has 0 atom stereocenters. The van der Waals surface area contributed by atoms with E-state index in [1.165, 1.54) is 10.6 Å². The Balaban J connectivity index is 1.72. The number of carbonyl (C=O) groups is 1. The van der Waals surface area contributed by atoms with Crippen LogP contribution in [0.5, 0.6) is 0 Å². The number of rotatable bonds is 3. The lowest BCUT2D eigenvalue weighted by Gasteiger charge is -2.35. The summed E-state index contributed by atoms with van der Waals surface area (Å²) >= 11 is 0. The van der Waals surface area contributed by atoms with Crippen molar-refractivity contribution in [2.75, 3.05) is 13.1 Å². The van der Waals surface area contributed by atoms with E-state index < -0.39 is 11.5 Å². The molecule has 1 aliphatic rings. The first-order valence-corrected chi connectivity index (χ1v) is 8.98. The average Bonchev–Trinajstić information content (AvgIpc) is 2.95. The second-order valence-electron chi connectivity index (χ2n) is 7.92. The molecule has 1 N–H and O–H groups in total. The Morgan fingerprint density at radius 2 is 1.92 bits per heavy atom. The largest absolute Gasteiger partial charge is 0.348 e. The van der Waals surface area contributed by atoms with E-state index in [1.807, 2.05) is 25.7 Å². The number of likely N-dealkylation sites (tertiary alicyclic amines) is 1. The highest BCUT2D eigenvalue weighted by atomic mass is 19.1. The van der Waals surface area contributed by atoms with Gasteiger partial charge in [0.15, 0.2) is 0 Å². The number of benzene rings is 1. The van der Waals surface area contributed by atoms with Crippen molar-refractivity contribution < 1.29 is 9.18 Å². The van der Waals surface area contributed by atoms with E-state index in [1.54, 1.807) is 18.2 Å². The molecule has 0 saturated carbocycles. The van der Waals surface area contributed by atoms with Gasteiger partial charge in [0.1, 0.15) is 11.6 Å². The van der Waals surface area contributed by atoms with Crippen LogP contribution in [0, 0.1) is 17.2 Å². The van der Waals surface area contributed by atoms with Crippen LogP contribution in [0.15, 0.2) is 29.1 Å². The molecule has 0 spiro atoms. The number of H-pyrrole nitrogens is 1. The van der Waals surface area contributed by atoms with E-state index in [2.05, 4.69) is 10.2 Å². The summed E-state index contributed by atoms with van der Waals surface area (Å²) in [5.74, 6) is 0.544. The van der Waals surface area contributed by atoms with Crippen molar-refractivity contribution in [3.63, 3.8) is 0 Å². The topological polar surface area (TPSA) is 71.0 Å². The molecule has 0 aliphatic carbocycles. The van der Waals surface area contributed by atoms with Crippen LogP contribution in [-0.4, -0.2) is 38.7 Å². The quantitative estimate of drug-likeness (QED) is 0.914. The van der Waals surface area contributed by atoms with Crippen LogP contribution in [0.3, 0.4) is 0 Å². The fourth-order valence-electron chi connectivity index (χ4n) is 3.42. The van der Waals surface area contributed by atoms with Crippen LogP contribution in [0.1, 0.15) is 39.4 Å². The molecule has 2 aromatic rings. The van der Waals surface area contributed by atoms with Crippen LogP contribution < -0.4 is 5.69 Å². The number of nitrogens with one attached hydrogen (secondary N) is 1. The normalized spacial score (nSPS) is 16.1. The smallest absolute Gasteiger partial charge is 0.342 e. The second kappa shape index (κ2) is 7.05. The maximum Gasteiger partial charge on any atom is 0.348 e. The van der Waals surface area contributed by atoms with Crippen molar-refractivity contribution in [3.8, 4) is 5.69 Å². The van der Waals surface area contributed by atoms with Crippen molar-refractivity contribution in [3.05, 3.63) is 46.4 Å². The molecule has 0 bridgehead atoms. The molecular formula is C19H25FN4O2. The molecule has 1 saturated heterocycles. The van der Waals surface area contributed by atoms with E-state index in [9.17, 15) is 14.0 Å². The minimum atomic E-state index is -0.456. The zero-order valence-corrected chi connectivity index (χ0v) is 15.5. The monoisotopic (exact) mass is 360 g/mol. The molecule has 2 heterocycles. The summed E-state index contributed by atoms with van der Waals surface area (Å²) in [6.07, 6.45) is 2.27.